The van der Waals surface area contributed by atoms with Crippen LogP contribution in [0.3, 0.4) is 0 Å². The Hall–Kier alpha value is -2.58. The number of rotatable bonds is 3. The lowest BCUT2D eigenvalue weighted by Gasteiger charge is -2.35. The number of aromatic nitrogens is 3. The van der Waals surface area contributed by atoms with Crippen LogP contribution in [-0.2, 0) is 9.53 Å². The van der Waals surface area contributed by atoms with Gasteiger partial charge in [-0.05, 0) is 37.1 Å². The van der Waals surface area contributed by atoms with Crippen molar-refractivity contribution in [3.63, 3.8) is 0 Å². The number of morpholine rings is 1. The standard InChI is InChI=1S/C21H23N5O2S/c27-20(25-10-12-28-13-11-25)15-5-8-26(9-6-15)21-24-18-4-3-17(23-19(18)29-21)16-2-1-7-22-14-16/h1-4,7,14-15H,5-6,8-13H2. The SMILES string of the molecule is O=C(C1CCN(c2nc3ccc(-c4cccnc4)nc3s2)CC1)N1CCOCC1. The summed E-state index contributed by atoms with van der Waals surface area (Å²) in [5, 5.41) is 0.994. The topological polar surface area (TPSA) is 71.5 Å². The molecule has 3 aromatic rings. The fourth-order valence-corrected chi connectivity index (χ4v) is 4.97. The molecule has 3 aromatic heterocycles. The van der Waals surface area contributed by atoms with Crippen molar-refractivity contribution in [2.75, 3.05) is 44.3 Å². The van der Waals surface area contributed by atoms with E-state index in [1.807, 2.05) is 35.4 Å². The van der Waals surface area contributed by atoms with E-state index < -0.39 is 0 Å². The number of pyridine rings is 2. The number of hydrogen-bond donors (Lipinski definition) is 0. The molecule has 0 radical (unpaired) electrons. The highest BCUT2D eigenvalue weighted by Crippen LogP contribution is 2.32. The number of thiazole rings is 1. The molecule has 2 saturated heterocycles. The maximum Gasteiger partial charge on any atom is 0.225 e. The van der Waals surface area contributed by atoms with Gasteiger partial charge in [0, 0.05) is 50.1 Å². The molecule has 5 rings (SSSR count). The third-order valence-electron chi connectivity index (χ3n) is 5.64. The Labute approximate surface area is 173 Å². The molecule has 0 bridgehead atoms. The molecule has 2 fully saturated rings. The summed E-state index contributed by atoms with van der Waals surface area (Å²) in [6.45, 7) is 4.48. The number of hydrogen-bond acceptors (Lipinski definition) is 7. The van der Waals surface area contributed by atoms with Crippen LogP contribution in [0.15, 0.2) is 36.7 Å². The van der Waals surface area contributed by atoms with Crippen LogP contribution in [0.25, 0.3) is 21.6 Å². The van der Waals surface area contributed by atoms with Gasteiger partial charge in [-0.25, -0.2) is 9.97 Å². The molecule has 1 amide bonds. The average molecular weight is 410 g/mol. The van der Waals surface area contributed by atoms with Gasteiger partial charge in [-0.15, -0.1) is 0 Å². The van der Waals surface area contributed by atoms with E-state index >= 15 is 0 Å². The first-order valence-corrected chi connectivity index (χ1v) is 10.9. The quantitative estimate of drug-likeness (QED) is 0.662. The molecule has 0 saturated carbocycles. The van der Waals surface area contributed by atoms with Crippen LogP contribution in [0.2, 0.25) is 0 Å². The van der Waals surface area contributed by atoms with Crippen molar-refractivity contribution in [2.24, 2.45) is 5.92 Å². The normalized spacial score (nSPS) is 18.3. The van der Waals surface area contributed by atoms with Crippen LogP contribution in [-0.4, -0.2) is 65.2 Å². The monoisotopic (exact) mass is 409 g/mol. The highest BCUT2D eigenvalue weighted by molar-refractivity contribution is 7.21. The molecule has 2 aliphatic heterocycles. The van der Waals surface area contributed by atoms with Gasteiger partial charge in [0.1, 0.15) is 10.3 Å². The number of carbonyl (C=O) groups excluding carboxylic acids is 1. The predicted octanol–water partition coefficient (Wildman–Crippen LogP) is 2.83. The molecule has 0 N–H and O–H groups in total. The Morgan fingerprint density at radius 2 is 1.90 bits per heavy atom. The van der Waals surface area contributed by atoms with Crippen LogP contribution < -0.4 is 4.90 Å². The second-order valence-electron chi connectivity index (χ2n) is 7.46. The molecule has 7 nitrogen and oxygen atoms in total. The van der Waals surface area contributed by atoms with Gasteiger partial charge in [0.25, 0.3) is 0 Å². The number of nitrogens with zero attached hydrogens (tertiary/aromatic N) is 5. The third-order valence-corrected chi connectivity index (χ3v) is 6.66. The summed E-state index contributed by atoms with van der Waals surface area (Å²) in [5.74, 6) is 0.411. The number of carbonyl (C=O) groups is 1. The van der Waals surface area contributed by atoms with Crippen LogP contribution in [0.5, 0.6) is 0 Å². The summed E-state index contributed by atoms with van der Waals surface area (Å²) in [6, 6.07) is 7.95. The molecule has 0 spiro atoms. The zero-order valence-corrected chi connectivity index (χ0v) is 17.0. The second kappa shape index (κ2) is 8.04. The van der Waals surface area contributed by atoms with E-state index in [9.17, 15) is 4.79 Å². The highest BCUT2D eigenvalue weighted by atomic mass is 32.1. The summed E-state index contributed by atoms with van der Waals surface area (Å²) in [7, 11) is 0. The molecule has 2 aliphatic rings. The first kappa shape index (κ1) is 18.4. The highest BCUT2D eigenvalue weighted by Gasteiger charge is 2.30. The Morgan fingerprint density at radius 1 is 1.07 bits per heavy atom. The Balaban J connectivity index is 1.27. The van der Waals surface area contributed by atoms with Crippen LogP contribution >= 0.6 is 11.3 Å². The van der Waals surface area contributed by atoms with Gasteiger partial charge in [0.2, 0.25) is 5.91 Å². The number of piperidine rings is 1. The van der Waals surface area contributed by atoms with Gasteiger partial charge in [0.05, 0.1) is 18.9 Å². The van der Waals surface area contributed by atoms with Gasteiger partial charge >= 0.3 is 0 Å². The van der Waals surface area contributed by atoms with Crippen molar-refractivity contribution in [1.82, 2.24) is 19.9 Å². The van der Waals surface area contributed by atoms with Gasteiger partial charge in [-0.1, -0.05) is 11.3 Å². The van der Waals surface area contributed by atoms with Crippen molar-refractivity contribution in [1.29, 1.82) is 0 Å². The molecule has 0 aliphatic carbocycles. The lowest BCUT2D eigenvalue weighted by atomic mass is 9.95. The summed E-state index contributed by atoms with van der Waals surface area (Å²) in [4.78, 5) is 31.7. The Kier molecular flexibility index (Phi) is 5.12. The maximum absolute atomic E-state index is 12.7. The van der Waals surface area contributed by atoms with Crippen molar-refractivity contribution in [3.8, 4) is 11.3 Å². The van der Waals surface area contributed by atoms with Crippen molar-refractivity contribution < 1.29 is 9.53 Å². The smallest absolute Gasteiger partial charge is 0.225 e. The molecule has 8 heteroatoms. The lowest BCUT2D eigenvalue weighted by Crippen LogP contribution is -2.46. The number of anilines is 1. The second-order valence-corrected chi connectivity index (χ2v) is 8.41. The number of ether oxygens (including phenoxy) is 1. The van der Waals surface area contributed by atoms with E-state index in [-0.39, 0.29) is 5.92 Å². The Bertz CT molecular complexity index is 995. The molecule has 150 valence electrons. The molecular formula is C21H23N5O2S. The molecule has 0 atom stereocenters. The molecule has 29 heavy (non-hydrogen) atoms. The third kappa shape index (κ3) is 3.82. The van der Waals surface area contributed by atoms with E-state index in [2.05, 4.69) is 9.88 Å². The molecule has 5 heterocycles. The van der Waals surface area contributed by atoms with E-state index in [0.29, 0.717) is 19.1 Å². The minimum Gasteiger partial charge on any atom is -0.378 e. The summed E-state index contributed by atoms with van der Waals surface area (Å²) >= 11 is 1.62. The minimum absolute atomic E-state index is 0.119. The van der Waals surface area contributed by atoms with E-state index in [4.69, 9.17) is 14.7 Å². The van der Waals surface area contributed by atoms with Crippen molar-refractivity contribution in [3.05, 3.63) is 36.7 Å². The van der Waals surface area contributed by atoms with E-state index in [0.717, 1.165) is 65.8 Å². The van der Waals surface area contributed by atoms with Gasteiger partial charge in [0.15, 0.2) is 5.13 Å². The van der Waals surface area contributed by atoms with E-state index in [1.165, 1.54) is 0 Å². The number of amides is 1. The minimum atomic E-state index is 0.119. The van der Waals surface area contributed by atoms with Crippen molar-refractivity contribution in [2.45, 2.75) is 12.8 Å². The van der Waals surface area contributed by atoms with Gasteiger partial charge in [-0.2, -0.15) is 0 Å². The van der Waals surface area contributed by atoms with Gasteiger partial charge < -0.3 is 14.5 Å². The summed E-state index contributed by atoms with van der Waals surface area (Å²) < 4.78 is 5.36. The van der Waals surface area contributed by atoms with Crippen LogP contribution in [0.4, 0.5) is 5.13 Å². The maximum atomic E-state index is 12.7. The largest absolute Gasteiger partial charge is 0.378 e. The predicted molar refractivity (Wildman–Crippen MR) is 113 cm³/mol. The fourth-order valence-electron chi connectivity index (χ4n) is 3.98. The number of fused-ring (bicyclic) bond motifs is 1. The first-order chi connectivity index (χ1) is 14.3. The zero-order valence-electron chi connectivity index (χ0n) is 16.2. The Morgan fingerprint density at radius 3 is 2.66 bits per heavy atom. The van der Waals surface area contributed by atoms with Crippen LogP contribution in [0, 0.1) is 5.92 Å². The zero-order chi connectivity index (χ0) is 19.6. The molecule has 0 unspecified atom stereocenters. The molecular weight excluding hydrogens is 386 g/mol. The first-order valence-electron chi connectivity index (χ1n) is 10.1. The summed E-state index contributed by atoms with van der Waals surface area (Å²) in [5.41, 5.74) is 2.84. The van der Waals surface area contributed by atoms with Crippen molar-refractivity contribution >= 4 is 32.7 Å². The average Bonchev–Trinajstić information content (AvgIpc) is 3.23. The van der Waals surface area contributed by atoms with E-state index in [1.54, 1.807) is 17.5 Å². The summed E-state index contributed by atoms with van der Waals surface area (Å²) in [6.07, 6.45) is 5.34. The van der Waals surface area contributed by atoms with Gasteiger partial charge in [-0.3, -0.25) is 9.78 Å². The molecule has 0 aromatic carbocycles. The van der Waals surface area contributed by atoms with Crippen LogP contribution in [0.1, 0.15) is 12.8 Å². The lowest BCUT2D eigenvalue weighted by molar-refractivity contribution is -0.140. The fraction of sp³-hybridized carbons (Fsp3) is 0.429.